The van der Waals surface area contributed by atoms with Gasteiger partial charge in [-0.3, -0.25) is 14.4 Å². The van der Waals surface area contributed by atoms with E-state index in [2.05, 4.69) is 10.6 Å². The first-order valence-corrected chi connectivity index (χ1v) is 7.16. The highest BCUT2D eigenvalue weighted by Gasteiger charge is 2.19. The lowest BCUT2D eigenvalue weighted by Crippen LogP contribution is -2.38. The predicted octanol–water partition coefficient (Wildman–Crippen LogP) is 0.213. The first-order chi connectivity index (χ1) is 11.0. The Hall–Kier alpha value is -2.77. The van der Waals surface area contributed by atoms with E-state index in [4.69, 9.17) is 14.2 Å². The Kier molecular flexibility index (Phi) is 5.40. The van der Waals surface area contributed by atoms with E-state index in [0.717, 1.165) is 0 Å². The minimum absolute atomic E-state index is 0.116. The van der Waals surface area contributed by atoms with Crippen LogP contribution in [0.3, 0.4) is 0 Å². The van der Waals surface area contributed by atoms with Gasteiger partial charge in [-0.15, -0.1) is 0 Å². The van der Waals surface area contributed by atoms with Gasteiger partial charge in [-0.05, 0) is 32.0 Å². The van der Waals surface area contributed by atoms with Crippen LogP contribution < -0.4 is 20.1 Å². The normalized spacial score (nSPS) is 13.1. The van der Waals surface area contributed by atoms with Crippen molar-refractivity contribution in [3.8, 4) is 11.5 Å². The largest absolute Gasteiger partial charge is 0.454 e. The standard InChI is InChI=1S/C15H18N2O6/c1-3-16-14(19)9(2)23-13(18)7-17-15(20)10-4-5-11-12(6-10)22-8-21-11/h4-6,9H,3,7-8H2,1-2H3,(H,16,19)(H,17,20)/t9-/m0/s1. The first-order valence-electron chi connectivity index (χ1n) is 7.16. The second kappa shape index (κ2) is 7.48. The summed E-state index contributed by atoms with van der Waals surface area (Å²) >= 11 is 0. The molecule has 2 amide bonds. The van der Waals surface area contributed by atoms with Crippen molar-refractivity contribution < 1.29 is 28.6 Å². The molecule has 0 radical (unpaired) electrons. The third kappa shape index (κ3) is 4.35. The molecule has 1 aromatic rings. The molecule has 0 fully saturated rings. The molecular formula is C15H18N2O6. The lowest BCUT2D eigenvalue weighted by Gasteiger charge is -2.13. The van der Waals surface area contributed by atoms with Crippen LogP contribution in [0.1, 0.15) is 24.2 Å². The van der Waals surface area contributed by atoms with Crippen LogP contribution in [0.4, 0.5) is 0 Å². The van der Waals surface area contributed by atoms with Crippen molar-refractivity contribution >= 4 is 17.8 Å². The fourth-order valence-electron chi connectivity index (χ4n) is 1.90. The molecule has 2 N–H and O–H groups in total. The maximum absolute atomic E-state index is 12.0. The van der Waals surface area contributed by atoms with Crippen molar-refractivity contribution in [1.29, 1.82) is 0 Å². The molecule has 1 aliphatic rings. The molecule has 0 saturated carbocycles. The van der Waals surface area contributed by atoms with E-state index in [1.54, 1.807) is 19.1 Å². The summed E-state index contributed by atoms with van der Waals surface area (Å²) in [5, 5.41) is 4.96. The number of amides is 2. The molecule has 0 saturated heterocycles. The molecule has 0 bridgehead atoms. The van der Waals surface area contributed by atoms with Crippen LogP contribution >= 0.6 is 0 Å². The van der Waals surface area contributed by atoms with Crippen LogP contribution in [0, 0.1) is 0 Å². The summed E-state index contributed by atoms with van der Waals surface area (Å²) in [4.78, 5) is 35.0. The molecule has 1 aromatic carbocycles. The molecule has 124 valence electrons. The minimum atomic E-state index is -0.912. The van der Waals surface area contributed by atoms with Gasteiger partial charge in [0.25, 0.3) is 11.8 Å². The highest BCUT2D eigenvalue weighted by atomic mass is 16.7. The number of likely N-dealkylation sites (N-methyl/N-ethyl adjacent to an activating group) is 1. The molecular weight excluding hydrogens is 304 g/mol. The quantitative estimate of drug-likeness (QED) is 0.726. The van der Waals surface area contributed by atoms with E-state index >= 15 is 0 Å². The van der Waals surface area contributed by atoms with Gasteiger partial charge in [-0.25, -0.2) is 0 Å². The second-order valence-corrected chi connectivity index (χ2v) is 4.78. The number of benzene rings is 1. The summed E-state index contributed by atoms with van der Waals surface area (Å²) < 4.78 is 15.2. The first kappa shape index (κ1) is 16.6. The molecule has 1 aliphatic heterocycles. The topological polar surface area (TPSA) is 103 Å². The average molecular weight is 322 g/mol. The van der Waals surface area contributed by atoms with E-state index in [9.17, 15) is 14.4 Å². The zero-order chi connectivity index (χ0) is 16.8. The molecule has 8 heteroatoms. The average Bonchev–Trinajstić information content (AvgIpc) is 3.00. The summed E-state index contributed by atoms with van der Waals surface area (Å²) in [7, 11) is 0. The lowest BCUT2D eigenvalue weighted by atomic mass is 10.2. The van der Waals surface area contributed by atoms with Gasteiger partial charge in [0.05, 0.1) is 0 Å². The number of ether oxygens (including phenoxy) is 3. The zero-order valence-corrected chi connectivity index (χ0v) is 12.9. The Balaban J connectivity index is 1.82. The van der Waals surface area contributed by atoms with Crippen LogP contribution in [-0.4, -0.2) is 43.8 Å². The molecule has 0 spiro atoms. The highest BCUT2D eigenvalue weighted by Crippen LogP contribution is 2.32. The third-order valence-corrected chi connectivity index (χ3v) is 3.06. The van der Waals surface area contributed by atoms with Gasteiger partial charge in [-0.1, -0.05) is 0 Å². The summed E-state index contributed by atoms with van der Waals surface area (Å²) in [6.07, 6.45) is -0.912. The Morgan fingerprint density at radius 3 is 2.70 bits per heavy atom. The zero-order valence-electron chi connectivity index (χ0n) is 12.9. The lowest BCUT2D eigenvalue weighted by molar-refractivity contribution is -0.153. The van der Waals surface area contributed by atoms with E-state index in [1.165, 1.54) is 13.0 Å². The van der Waals surface area contributed by atoms with Gasteiger partial charge in [0.2, 0.25) is 6.79 Å². The molecule has 2 rings (SSSR count). The number of esters is 1. The molecule has 1 heterocycles. The van der Waals surface area contributed by atoms with E-state index in [-0.39, 0.29) is 19.2 Å². The second-order valence-electron chi connectivity index (χ2n) is 4.78. The van der Waals surface area contributed by atoms with E-state index in [0.29, 0.717) is 23.6 Å². The molecule has 1 atom stereocenters. The fraction of sp³-hybridized carbons (Fsp3) is 0.400. The Labute approximate surface area is 133 Å². The summed E-state index contributed by atoms with van der Waals surface area (Å²) in [5.41, 5.74) is 0.332. The van der Waals surface area contributed by atoms with Gasteiger partial charge >= 0.3 is 5.97 Å². The van der Waals surface area contributed by atoms with Crippen molar-refractivity contribution in [3.05, 3.63) is 23.8 Å². The number of carbonyl (C=O) groups excluding carboxylic acids is 3. The summed E-state index contributed by atoms with van der Waals surface area (Å²) in [5.74, 6) is -0.492. The van der Waals surface area contributed by atoms with Gasteiger partial charge in [0.1, 0.15) is 6.54 Å². The van der Waals surface area contributed by atoms with Crippen molar-refractivity contribution in [2.75, 3.05) is 19.9 Å². The number of hydrogen-bond donors (Lipinski definition) is 2. The maximum Gasteiger partial charge on any atom is 0.326 e. The minimum Gasteiger partial charge on any atom is -0.454 e. The smallest absolute Gasteiger partial charge is 0.326 e. The Morgan fingerprint density at radius 2 is 1.96 bits per heavy atom. The van der Waals surface area contributed by atoms with Crippen molar-refractivity contribution in [3.63, 3.8) is 0 Å². The highest BCUT2D eigenvalue weighted by molar-refractivity contribution is 5.96. The van der Waals surface area contributed by atoms with E-state index < -0.39 is 18.0 Å². The van der Waals surface area contributed by atoms with Crippen LogP contribution in [0.2, 0.25) is 0 Å². The van der Waals surface area contributed by atoms with Crippen molar-refractivity contribution in [1.82, 2.24) is 10.6 Å². The summed E-state index contributed by atoms with van der Waals surface area (Å²) in [6, 6.07) is 4.71. The van der Waals surface area contributed by atoms with Crippen molar-refractivity contribution in [2.45, 2.75) is 20.0 Å². The monoisotopic (exact) mass is 322 g/mol. The number of fused-ring (bicyclic) bond motifs is 1. The van der Waals surface area contributed by atoms with Gasteiger partial charge in [-0.2, -0.15) is 0 Å². The van der Waals surface area contributed by atoms with Crippen LogP contribution in [0.25, 0.3) is 0 Å². The molecule has 0 aliphatic carbocycles. The van der Waals surface area contributed by atoms with Gasteiger partial charge < -0.3 is 24.8 Å². The number of hydrogen-bond acceptors (Lipinski definition) is 6. The number of nitrogens with one attached hydrogen (secondary N) is 2. The summed E-state index contributed by atoms with van der Waals surface area (Å²) in [6.45, 7) is 3.45. The molecule has 8 nitrogen and oxygen atoms in total. The molecule has 0 unspecified atom stereocenters. The number of rotatable bonds is 6. The van der Waals surface area contributed by atoms with Crippen LogP contribution in [0.15, 0.2) is 18.2 Å². The number of carbonyl (C=O) groups is 3. The molecule has 0 aromatic heterocycles. The van der Waals surface area contributed by atoms with Gasteiger partial charge in [0, 0.05) is 12.1 Å². The Morgan fingerprint density at radius 1 is 1.22 bits per heavy atom. The fourth-order valence-corrected chi connectivity index (χ4v) is 1.90. The van der Waals surface area contributed by atoms with Crippen molar-refractivity contribution in [2.24, 2.45) is 0 Å². The van der Waals surface area contributed by atoms with Gasteiger partial charge in [0.15, 0.2) is 17.6 Å². The van der Waals surface area contributed by atoms with Crippen LogP contribution in [-0.2, 0) is 14.3 Å². The van der Waals surface area contributed by atoms with Crippen LogP contribution in [0.5, 0.6) is 11.5 Å². The molecule has 23 heavy (non-hydrogen) atoms. The predicted molar refractivity (Wildman–Crippen MR) is 79.1 cm³/mol. The maximum atomic E-state index is 12.0. The van der Waals surface area contributed by atoms with E-state index in [1.807, 2.05) is 0 Å². The SMILES string of the molecule is CCNC(=O)[C@H](C)OC(=O)CNC(=O)c1ccc2c(c1)OCO2. The third-order valence-electron chi connectivity index (χ3n) is 3.06. The Bertz CT molecular complexity index is 616.